The van der Waals surface area contributed by atoms with Gasteiger partial charge in [-0.3, -0.25) is 0 Å². The van der Waals surface area contributed by atoms with Crippen molar-refractivity contribution in [3.8, 4) is 0 Å². The molecule has 0 aromatic heterocycles. The van der Waals surface area contributed by atoms with Crippen molar-refractivity contribution < 1.29 is 8.42 Å². The Bertz CT molecular complexity index is 360. The van der Waals surface area contributed by atoms with Crippen LogP contribution in [0.25, 0.3) is 0 Å². The van der Waals surface area contributed by atoms with Crippen molar-refractivity contribution >= 4 is 10.0 Å². The predicted octanol–water partition coefficient (Wildman–Crippen LogP) is 1.81. The van der Waals surface area contributed by atoms with Gasteiger partial charge in [0.1, 0.15) is 0 Å². The van der Waals surface area contributed by atoms with Crippen LogP contribution in [0.1, 0.15) is 47.0 Å². The normalized spacial score (nSPS) is 27.4. The predicted molar refractivity (Wildman–Crippen MR) is 75.8 cm³/mol. The van der Waals surface area contributed by atoms with Gasteiger partial charge in [0.15, 0.2) is 0 Å². The van der Waals surface area contributed by atoms with Gasteiger partial charge in [-0.05, 0) is 24.2 Å². The molecule has 0 aromatic rings. The van der Waals surface area contributed by atoms with Crippen molar-refractivity contribution in [1.82, 2.24) is 4.31 Å². The van der Waals surface area contributed by atoms with E-state index < -0.39 is 10.0 Å². The highest BCUT2D eigenvalue weighted by molar-refractivity contribution is 7.89. The smallest absolute Gasteiger partial charge is 0.214 e. The molecule has 1 aliphatic rings. The first-order valence-corrected chi connectivity index (χ1v) is 8.50. The fourth-order valence-corrected chi connectivity index (χ4v) is 4.96. The quantitative estimate of drug-likeness (QED) is 0.852. The molecule has 1 heterocycles. The summed E-state index contributed by atoms with van der Waals surface area (Å²) in [6.45, 7) is 9.11. The van der Waals surface area contributed by atoms with Gasteiger partial charge < -0.3 is 5.73 Å². The van der Waals surface area contributed by atoms with Crippen molar-refractivity contribution in [3.63, 3.8) is 0 Å². The molecule has 0 amide bonds. The van der Waals surface area contributed by atoms with Crippen molar-refractivity contribution in [1.29, 1.82) is 0 Å². The molecule has 1 rings (SSSR count). The second-order valence-corrected chi connectivity index (χ2v) is 8.54. The Kier molecular flexibility index (Phi) is 5.21. The monoisotopic (exact) mass is 276 g/mol. The minimum atomic E-state index is -3.18. The maximum Gasteiger partial charge on any atom is 0.214 e. The number of hydrogen-bond donors (Lipinski definition) is 1. The Labute approximate surface area is 112 Å². The third-order valence-corrected chi connectivity index (χ3v) is 6.02. The summed E-state index contributed by atoms with van der Waals surface area (Å²) < 4.78 is 26.5. The van der Waals surface area contributed by atoms with Crippen LogP contribution in [0, 0.1) is 11.3 Å². The Morgan fingerprint density at radius 2 is 1.94 bits per heavy atom. The zero-order valence-electron chi connectivity index (χ0n) is 12.1. The molecule has 108 valence electrons. The average molecular weight is 276 g/mol. The zero-order chi connectivity index (χ0) is 14.0. The first kappa shape index (κ1) is 15.9. The van der Waals surface area contributed by atoms with Gasteiger partial charge >= 0.3 is 0 Å². The van der Waals surface area contributed by atoms with Crippen LogP contribution in [0.15, 0.2) is 0 Å². The highest BCUT2D eigenvalue weighted by atomic mass is 32.2. The lowest BCUT2D eigenvalue weighted by Gasteiger charge is -2.39. The van der Waals surface area contributed by atoms with E-state index in [1.165, 1.54) is 0 Å². The van der Waals surface area contributed by atoms with Gasteiger partial charge in [0, 0.05) is 19.1 Å². The fourth-order valence-electron chi connectivity index (χ4n) is 2.69. The summed E-state index contributed by atoms with van der Waals surface area (Å²) in [7, 11) is -3.18. The van der Waals surface area contributed by atoms with Crippen molar-refractivity contribution in [2.75, 3.05) is 18.8 Å². The molecule has 4 nitrogen and oxygen atoms in total. The zero-order valence-corrected chi connectivity index (χ0v) is 13.0. The molecule has 2 N–H and O–H groups in total. The Morgan fingerprint density at radius 3 is 2.39 bits per heavy atom. The van der Waals surface area contributed by atoms with Crippen LogP contribution in [0.4, 0.5) is 0 Å². The lowest BCUT2D eigenvalue weighted by Crippen LogP contribution is -2.51. The molecule has 1 fully saturated rings. The molecule has 5 heteroatoms. The first-order chi connectivity index (χ1) is 8.19. The third-order valence-electron chi connectivity index (χ3n) is 3.59. The van der Waals surface area contributed by atoms with Crippen LogP contribution in [-0.4, -0.2) is 37.6 Å². The van der Waals surface area contributed by atoms with E-state index in [0.29, 0.717) is 19.0 Å². The fraction of sp³-hybridized carbons (Fsp3) is 1.00. The highest BCUT2D eigenvalue weighted by Crippen LogP contribution is 2.29. The van der Waals surface area contributed by atoms with E-state index in [9.17, 15) is 8.42 Å². The molecular weight excluding hydrogens is 248 g/mol. The third kappa shape index (κ3) is 4.21. The Hall–Kier alpha value is -0.130. The van der Waals surface area contributed by atoms with E-state index in [-0.39, 0.29) is 17.2 Å². The van der Waals surface area contributed by atoms with Crippen LogP contribution >= 0.6 is 0 Å². The van der Waals surface area contributed by atoms with Gasteiger partial charge in [0.05, 0.1) is 5.75 Å². The Balaban J connectivity index is 2.81. The van der Waals surface area contributed by atoms with Crippen LogP contribution in [-0.2, 0) is 10.0 Å². The molecule has 0 radical (unpaired) electrons. The van der Waals surface area contributed by atoms with Gasteiger partial charge in [-0.2, -0.15) is 4.31 Å². The standard InChI is InChI=1S/C13H28N2O2S/c1-5-11-6-7-15(12(8-11)9-14)18(16,17)10-13(2,3)4/h11-12H,5-10,14H2,1-4H3. The number of hydrogen-bond acceptors (Lipinski definition) is 3. The summed E-state index contributed by atoms with van der Waals surface area (Å²) >= 11 is 0. The molecule has 0 aromatic carbocycles. The molecule has 1 aliphatic heterocycles. The minimum Gasteiger partial charge on any atom is -0.329 e. The second kappa shape index (κ2) is 5.88. The SMILES string of the molecule is CCC1CCN(S(=O)(=O)CC(C)(C)C)C(CN)C1. The molecule has 2 unspecified atom stereocenters. The summed E-state index contributed by atoms with van der Waals surface area (Å²) in [4.78, 5) is 0. The maximum absolute atomic E-state index is 12.4. The molecule has 0 spiro atoms. The van der Waals surface area contributed by atoms with E-state index in [0.717, 1.165) is 19.3 Å². The average Bonchev–Trinajstić information content (AvgIpc) is 2.24. The molecule has 18 heavy (non-hydrogen) atoms. The summed E-state index contributed by atoms with van der Waals surface area (Å²) in [5, 5.41) is 0. The van der Waals surface area contributed by atoms with E-state index in [1.54, 1.807) is 4.31 Å². The topological polar surface area (TPSA) is 63.4 Å². The van der Waals surface area contributed by atoms with Gasteiger partial charge in [-0.25, -0.2) is 8.42 Å². The maximum atomic E-state index is 12.4. The number of rotatable bonds is 4. The number of sulfonamides is 1. The van der Waals surface area contributed by atoms with Crippen molar-refractivity contribution in [3.05, 3.63) is 0 Å². The van der Waals surface area contributed by atoms with Crippen LogP contribution < -0.4 is 5.73 Å². The van der Waals surface area contributed by atoms with Gasteiger partial charge in [-0.15, -0.1) is 0 Å². The molecule has 0 bridgehead atoms. The highest BCUT2D eigenvalue weighted by Gasteiger charge is 2.36. The minimum absolute atomic E-state index is 0.00366. The summed E-state index contributed by atoms with van der Waals surface area (Å²) in [5.41, 5.74) is 5.56. The number of nitrogens with zero attached hydrogens (tertiary/aromatic N) is 1. The van der Waals surface area contributed by atoms with Crippen LogP contribution in [0.2, 0.25) is 0 Å². The lowest BCUT2D eigenvalue weighted by atomic mass is 9.90. The van der Waals surface area contributed by atoms with Crippen LogP contribution in [0.3, 0.4) is 0 Å². The molecule has 0 saturated carbocycles. The summed E-state index contributed by atoms with van der Waals surface area (Å²) in [5.74, 6) is 0.826. The van der Waals surface area contributed by atoms with E-state index in [2.05, 4.69) is 6.92 Å². The number of nitrogens with two attached hydrogens (primary N) is 1. The largest absolute Gasteiger partial charge is 0.329 e. The second-order valence-electron chi connectivity index (χ2n) is 6.62. The van der Waals surface area contributed by atoms with E-state index in [4.69, 9.17) is 5.73 Å². The van der Waals surface area contributed by atoms with Crippen molar-refractivity contribution in [2.45, 2.75) is 53.0 Å². The first-order valence-electron chi connectivity index (χ1n) is 6.89. The molecule has 0 aliphatic carbocycles. The van der Waals surface area contributed by atoms with Gasteiger partial charge in [-0.1, -0.05) is 34.1 Å². The summed E-state index contributed by atoms with van der Waals surface area (Å²) in [6.07, 6.45) is 3.00. The number of piperidine rings is 1. The summed E-state index contributed by atoms with van der Waals surface area (Å²) in [6, 6.07) is -0.00366. The molecular formula is C13H28N2O2S. The molecule has 1 saturated heterocycles. The molecule has 2 atom stereocenters. The van der Waals surface area contributed by atoms with E-state index in [1.807, 2.05) is 20.8 Å². The van der Waals surface area contributed by atoms with Crippen molar-refractivity contribution in [2.24, 2.45) is 17.1 Å². The van der Waals surface area contributed by atoms with E-state index >= 15 is 0 Å². The van der Waals surface area contributed by atoms with Crippen LogP contribution in [0.5, 0.6) is 0 Å². The Morgan fingerprint density at radius 1 is 1.33 bits per heavy atom. The van der Waals surface area contributed by atoms with Gasteiger partial charge in [0.25, 0.3) is 0 Å². The lowest BCUT2D eigenvalue weighted by molar-refractivity contribution is 0.196. The van der Waals surface area contributed by atoms with Gasteiger partial charge in [0.2, 0.25) is 10.0 Å².